The SMILES string of the molecule is CC[NH+](CC)CCn1c(O)c(N=NC(=O)OC(C)(C)C)c2ccccc21. The molecule has 0 aliphatic carbocycles. The van der Waals surface area contributed by atoms with Gasteiger partial charge in [0.2, 0.25) is 5.88 Å². The number of nitrogens with zero attached hydrogens (tertiary/aromatic N) is 3. The predicted molar refractivity (Wildman–Crippen MR) is 101 cm³/mol. The van der Waals surface area contributed by atoms with Crippen LogP contribution >= 0.6 is 0 Å². The molecule has 0 aliphatic rings. The van der Waals surface area contributed by atoms with Crippen LogP contribution in [0.1, 0.15) is 34.6 Å². The topological polar surface area (TPSA) is 80.6 Å². The number of carbonyl (C=O) groups excluding carboxylic acids is 1. The van der Waals surface area contributed by atoms with Crippen molar-refractivity contribution in [3.8, 4) is 5.88 Å². The lowest BCUT2D eigenvalue weighted by atomic mass is 10.2. The summed E-state index contributed by atoms with van der Waals surface area (Å²) in [6.45, 7) is 13.2. The number of azo groups is 1. The van der Waals surface area contributed by atoms with Crippen molar-refractivity contribution >= 4 is 22.7 Å². The Morgan fingerprint density at radius 3 is 2.50 bits per heavy atom. The first kappa shape index (κ1) is 19.9. The highest BCUT2D eigenvalue weighted by Crippen LogP contribution is 2.38. The third kappa shape index (κ3) is 4.82. The molecule has 7 nitrogen and oxygen atoms in total. The molecule has 0 bridgehead atoms. The van der Waals surface area contributed by atoms with Crippen molar-refractivity contribution in [1.29, 1.82) is 0 Å². The Balaban J connectivity index is 2.32. The molecule has 1 aromatic carbocycles. The smallest absolute Gasteiger partial charge is 0.452 e. The van der Waals surface area contributed by atoms with E-state index in [-0.39, 0.29) is 5.88 Å². The van der Waals surface area contributed by atoms with Crippen LogP contribution in [0.2, 0.25) is 0 Å². The average Bonchev–Trinajstić information content (AvgIpc) is 2.84. The largest absolute Gasteiger partial charge is 0.493 e. The van der Waals surface area contributed by atoms with Crippen molar-refractivity contribution in [2.75, 3.05) is 19.6 Å². The van der Waals surface area contributed by atoms with Crippen LogP contribution in [0.5, 0.6) is 5.88 Å². The number of hydrogen-bond acceptors (Lipinski definition) is 4. The number of amides is 1. The van der Waals surface area contributed by atoms with Gasteiger partial charge in [-0.1, -0.05) is 23.3 Å². The summed E-state index contributed by atoms with van der Waals surface area (Å²) in [7, 11) is 0. The highest BCUT2D eigenvalue weighted by molar-refractivity contribution is 5.95. The van der Waals surface area contributed by atoms with Crippen LogP contribution in [0.25, 0.3) is 10.9 Å². The number of likely N-dealkylation sites (N-methyl/N-ethyl adjacent to an activating group) is 1. The van der Waals surface area contributed by atoms with E-state index in [9.17, 15) is 9.90 Å². The maximum absolute atomic E-state index is 11.8. The van der Waals surface area contributed by atoms with Gasteiger partial charge in [-0.25, -0.2) is 4.79 Å². The molecule has 2 aromatic rings. The van der Waals surface area contributed by atoms with Crippen molar-refractivity contribution < 1.29 is 19.5 Å². The molecule has 0 radical (unpaired) electrons. The molecule has 1 aromatic heterocycles. The molecule has 7 heteroatoms. The highest BCUT2D eigenvalue weighted by atomic mass is 16.6. The summed E-state index contributed by atoms with van der Waals surface area (Å²) >= 11 is 0. The van der Waals surface area contributed by atoms with Crippen LogP contribution in [0, 0.1) is 0 Å². The lowest BCUT2D eigenvalue weighted by molar-refractivity contribution is -0.897. The third-order valence-electron chi connectivity index (χ3n) is 4.23. The number of ether oxygens (including phenoxy) is 1. The van der Waals surface area contributed by atoms with Gasteiger partial charge in [0, 0.05) is 5.39 Å². The van der Waals surface area contributed by atoms with Crippen LogP contribution in [0.3, 0.4) is 0 Å². The minimum absolute atomic E-state index is 0.0186. The van der Waals surface area contributed by atoms with Crippen molar-refractivity contribution in [1.82, 2.24) is 4.57 Å². The van der Waals surface area contributed by atoms with Gasteiger partial charge in [-0.3, -0.25) is 0 Å². The Morgan fingerprint density at radius 1 is 1.23 bits per heavy atom. The Bertz CT molecular complexity index is 786. The van der Waals surface area contributed by atoms with Crippen LogP contribution in [0.15, 0.2) is 34.5 Å². The zero-order valence-corrected chi connectivity index (χ0v) is 16.2. The Hall–Kier alpha value is -2.41. The van der Waals surface area contributed by atoms with Gasteiger partial charge >= 0.3 is 6.09 Å². The second-order valence-corrected chi connectivity index (χ2v) is 7.23. The molecule has 2 N–H and O–H groups in total. The van der Waals surface area contributed by atoms with Crippen molar-refractivity contribution in [2.24, 2.45) is 10.2 Å². The number of aromatic nitrogens is 1. The summed E-state index contributed by atoms with van der Waals surface area (Å²) in [6.07, 6.45) is -0.777. The van der Waals surface area contributed by atoms with E-state index in [1.807, 2.05) is 28.8 Å². The van der Waals surface area contributed by atoms with Gasteiger partial charge in [0.1, 0.15) is 5.60 Å². The number of rotatable bonds is 6. The van der Waals surface area contributed by atoms with Gasteiger partial charge in [0.25, 0.3) is 0 Å². The molecule has 1 heterocycles. The van der Waals surface area contributed by atoms with Crippen LogP contribution in [0.4, 0.5) is 10.5 Å². The third-order valence-corrected chi connectivity index (χ3v) is 4.23. The van der Waals surface area contributed by atoms with Gasteiger partial charge in [0.15, 0.2) is 5.69 Å². The summed E-state index contributed by atoms with van der Waals surface area (Å²) in [5.41, 5.74) is 0.522. The lowest BCUT2D eigenvalue weighted by Crippen LogP contribution is -3.11. The number of carbonyl (C=O) groups is 1. The van der Waals surface area contributed by atoms with E-state index in [0.717, 1.165) is 30.5 Å². The first-order chi connectivity index (χ1) is 12.3. The molecule has 0 saturated heterocycles. The van der Waals surface area contributed by atoms with Gasteiger partial charge in [-0.05, 0) is 40.7 Å². The summed E-state index contributed by atoms with van der Waals surface area (Å²) in [6, 6.07) is 7.57. The van der Waals surface area contributed by atoms with Crippen LogP contribution < -0.4 is 4.90 Å². The normalized spacial score (nSPS) is 12.4. The number of quaternary nitrogens is 1. The number of aromatic hydroxyl groups is 1. The van der Waals surface area contributed by atoms with Crippen molar-refractivity contribution in [3.63, 3.8) is 0 Å². The van der Waals surface area contributed by atoms with E-state index in [1.165, 1.54) is 4.90 Å². The fraction of sp³-hybridized carbons (Fsp3) is 0.526. The van der Waals surface area contributed by atoms with E-state index in [0.29, 0.717) is 12.2 Å². The first-order valence-corrected chi connectivity index (χ1v) is 9.05. The van der Waals surface area contributed by atoms with Crippen molar-refractivity contribution in [2.45, 2.75) is 46.8 Å². The Kier molecular flexibility index (Phi) is 6.37. The monoisotopic (exact) mass is 361 g/mol. The second-order valence-electron chi connectivity index (χ2n) is 7.23. The number of nitrogens with one attached hydrogen (secondary N) is 1. The van der Waals surface area contributed by atoms with E-state index < -0.39 is 11.7 Å². The predicted octanol–water partition coefficient (Wildman–Crippen LogP) is 3.29. The fourth-order valence-corrected chi connectivity index (χ4v) is 2.84. The Labute approximate surface area is 154 Å². The molecule has 26 heavy (non-hydrogen) atoms. The zero-order valence-electron chi connectivity index (χ0n) is 16.2. The number of hydrogen-bond donors (Lipinski definition) is 2. The standard InChI is InChI=1S/C19H28N4O3/c1-6-22(7-2)12-13-23-15-11-9-8-10-14(15)16(17(23)24)20-21-18(25)26-19(3,4)5/h8-11,24H,6-7,12-13H2,1-5H3/p+1. The van der Waals surface area contributed by atoms with E-state index in [4.69, 9.17) is 4.74 Å². The van der Waals surface area contributed by atoms with Crippen molar-refractivity contribution in [3.05, 3.63) is 24.3 Å². The van der Waals surface area contributed by atoms with E-state index in [2.05, 4.69) is 24.1 Å². The van der Waals surface area contributed by atoms with E-state index in [1.54, 1.807) is 20.8 Å². The van der Waals surface area contributed by atoms with Crippen LogP contribution in [-0.2, 0) is 11.3 Å². The average molecular weight is 361 g/mol. The molecule has 2 rings (SSSR count). The maximum Gasteiger partial charge on any atom is 0.452 e. The Morgan fingerprint density at radius 2 is 1.88 bits per heavy atom. The van der Waals surface area contributed by atoms with Gasteiger partial charge in [-0.15, -0.1) is 5.11 Å². The van der Waals surface area contributed by atoms with Gasteiger partial charge in [-0.2, -0.15) is 0 Å². The molecule has 0 unspecified atom stereocenters. The van der Waals surface area contributed by atoms with Gasteiger partial charge in [0.05, 0.1) is 31.7 Å². The minimum atomic E-state index is -0.777. The minimum Gasteiger partial charge on any atom is -0.493 e. The maximum atomic E-state index is 11.8. The molecule has 0 atom stereocenters. The number of benzene rings is 1. The molecule has 0 aliphatic heterocycles. The molecule has 142 valence electrons. The molecular formula is C19H29N4O3+. The second kappa shape index (κ2) is 8.31. The summed E-state index contributed by atoms with van der Waals surface area (Å²) in [4.78, 5) is 13.2. The molecular weight excluding hydrogens is 332 g/mol. The zero-order chi connectivity index (χ0) is 19.3. The summed E-state index contributed by atoms with van der Waals surface area (Å²) in [5.74, 6) is 0.0186. The quantitative estimate of drug-likeness (QED) is 0.775. The highest BCUT2D eigenvalue weighted by Gasteiger charge is 2.19. The molecule has 0 saturated carbocycles. The molecule has 0 fully saturated rings. The molecule has 0 spiro atoms. The fourth-order valence-electron chi connectivity index (χ4n) is 2.84. The summed E-state index contributed by atoms with van der Waals surface area (Å²) < 4.78 is 6.96. The lowest BCUT2D eigenvalue weighted by Gasteiger charge is -2.16. The number of para-hydroxylation sites is 1. The van der Waals surface area contributed by atoms with E-state index >= 15 is 0 Å². The number of fused-ring (bicyclic) bond motifs is 1. The first-order valence-electron chi connectivity index (χ1n) is 9.05. The van der Waals surface area contributed by atoms with Crippen LogP contribution in [-0.4, -0.2) is 41.0 Å². The van der Waals surface area contributed by atoms with Gasteiger partial charge < -0.3 is 19.3 Å². The summed E-state index contributed by atoms with van der Waals surface area (Å²) in [5, 5.41) is 19.0. The molecule has 1 amide bonds.